The van der Waals surface area contributed by atoms with E-state index in [0.717, 1.165) is 5.56 Å². The van der Waals surface area contributed by atoms with Crippen molar-refractivity contribution >= 4 is 11.7 Å². The van der Waals surface area contributed by atoms with Crippen molar-refractivity contribution in [3.63, 3.8) is 0 Å². The molecular formula is C12H15NO3. The van der Waals surface area contributed by atoms with Crippen LogP contribution < -0.4 is 5.32 Å². The van der Waals surface area contributed by atoms with Crippen LogP contribution in [0, 0.1) is 0 Å². The minimum absolute atomic E-state index is 0.118. The summed E-state index contributed by atoms with van der Waals surface area (Å²) in [5, 5.41) is 2.63. The number of amides is 1. The van der Waals surface area contributed by atoms with Crippen LogP contribution in [-0.2, 0) is 14.3 Å². The van der Waals surface area contributed by atoms with E-state index in [1.54, 1.807) is 0 Å². The van der Waals surface area contributed by atoms with Gasteiger partial charge in [-0.1, -0.05) is 30.3 Å². The van der Waals surface area contributed by atoms with Crippen molar-refractivity contribution in [3.05, 3.63) is 35.9 Å². The van der Waals surface area contributed by atoms with Gasteiger partial charge in [0.05, 0.1) is 6.42 Å². The monoisotopic (exact) mass is 221 g/mol. The van der Waals surface area contributed by atoms with E-state index >= 15 is 0 Å². The third kappa shape index (κ3) is 3.82. The first-order chi connectivity index (χ1) is 7.63. The number of benzene rings is 1. The molecule has 0 radical (unpaired) electrons. The summed E-state index contributed by atoms with van der Waals surface area (Å²) in [5.41, 5.74) is 0.849. The van der Waals surface area contributed by atoms with Crippen LogP contribution in [0.25, 0.3) is 0 Å². The molecule has 86 valence electrons. The third-order valence-electron chi connectivity index (χ3n) is 2.04. The smallest absolute Gasteiger partial charge is 0.229 e. The number of carbonyl (C=O) groups excluding carboxylic acids is 2. The number of hydrogen-bond acceptors (Lipinski definition) is 3. The average Bonchev–Trinajstić information content (AvgIpc) is 2.26. The third-order valence-corrected chi connectivity index (χ3v) is 2.04. The zero-order valence-corrected chi connectivity index (χ0v) is 9.40. The van der Waals surface area contributed by atoms with Gasteiger partial charge in [-0.05, 0) is 6.92 Å². The first-order valence-electron chi connectivity index (χ1n) is 5.00. The van der Waals surface area contributed by atoms with Crippen molar-refractivity contribution < 1.29 is 14.3 Å². The molecule has 0 saturated heterocycles. The molecule has 1 amide bonds. The van der Waals surface area contributed by atoms with Crippen LogP contribution in [0.3, 0.4) is 0 Å². The maximum absolute atomic E-state index is 11.4. The largest absolute Gasteiger partial charge is 0.357 e. The fraction of sp³-hybridized carbons (Fsp3) is 0.333. The molecule has 0 saturated carbocycles. The van der Waals surface area contributed by atoms with Gasteiger partial charge in [0.1, 0.15) is 5.78 Å². The van der Waals surface area contributed by atoms with Crippen LogP contribution in [0.15, 0.2) is 30.3 Å². The van der Waals surface area contributed by atoms with Crippen LogP contribution in [0.1, 0.15) is 25.1 Å². The second kappa shape index (κ2) is 6.02. The Labute approximate surface area is 94.6 Å². The average molecular weight is 221 g/mol. The van der Waals surface area contributed by atoms with E-state index in [1.807, 2.05) is 30.3 Å². The Bertz CT molecular complexity index is 362. The highest BCUT2D eigenvalue weighted by molar-refractivity contribution is 5.96. The van der Waals surface area contributed by atoms with Gasteiger partial charge in [-0.2, -0.15) is 0 Å². The van der Waals surface area contributed by atoms with Gasteiger partial charge >= 0.3 is 0 Å². The normalized spacial score (nSPS) is 11.9. The number of ketones is 1. The van der Waals surface area contributed by atoms with Gasteiger partial charge in [0.25, 0.3) is 0 Å². The number of methoxy groups -OCH3 is 1. The van der Waals surface area contributed by atoms with Crippen molar-refractivity contribution in [2.24, 2.45) is 0 Å². The number of Topliss-reactive ketones (excluding diaryl/α,β-unsaturated/α-hetero) is 1. The van der Waals surface area contributed by atoms with Gasteiger partial charge in [0.2, 0.25) is 5.91 Å². The molecule has 0 aliphatic heterocycles. The maximum Gasteiger partial charge on any atom is 0.229 e. The van der Waals surface area contributed by atoms with Crippen molar-refractivity contribution in [3.8, 4) is 0 Å². The second-order valence-corrected chi connectivity index (χ2v) is 3.47. The fourth-order valence-electron chi connectivity index (χ4n) is 1.33. The van der Waals surface area contributed by atoms with Gasteiger partial charge in [0.15, 0.2) is 6.23 Å². The lowest BCUT2D eigenvalue weighted by atomic mass is 10.2. The van der Waals surface area contributed by atoms with E-state index in [1.165, 1.54) is 14.0 Å². The zero-order chi connectivity index (χ0) is 12.0. The first kappa shape index (κ1) is 12.4. The molecule has 1 N–H and O–H groups in total. The number of nitrogens with one attached hydrogen (secondary N) is 1. The molecule has 1 aromatic rings. The molecule has 0 spiro atoms. The molecule has 1 unspecified atom stereocenters. The highest BCUT2D eigenvalue weighted by atomic mass is 16.5. The van der Waals surface area contributed by atoms with E-state index in [-0.39, 0.29) is 18.1 Å². The van der Waals surface area contributed by atoms with Crippen LogP contribution in [0.4, 0.5) is 0 Å². The van der Waals surface area contributed by atoms with E-state index in [4.69, 9.17) is 4.74 Å². The van der Waals surface area contributed by atoms with Crippen LogP contribution >= 0.6 is 0 Å². The summed E-state index contributed by atoms with van der Waals surface area (Å²) in [6, 6.07) is 9.30. The lowest BCUT2D eigenvalue weighted by Gasteiger charge is -2.16. The molecular weight excluding hydrogens is 206 g/mol. The van der Waals surface area contributed by atoms with E-state index in [2.05, 4.69) is 5.32 Å². The minimum atomic E-state index is -0.506. The Morgan fingerprint density at radius 2 is 1.94 bits per heavy atom. The van der Waals surface area contributed by atoms with Crippen LogP contribution in [0.2, 0.25) is 0 Å². The minimum Gasteiger partial charge on any atom is -0.357 e. The van der Waals surface area contributed by atoms with Crippen molar-refractivity contribution in [2.75, 3.05) is 7.11 Å². The van der Waals surface area contributed by atoms with Gasteiger partial charge in [-0.3, -0.25) is 9.59 Å². The summed E-state index contributed by atoms with van der Waals surface area (Å²) in [5.74, 6) is -0.497. The topological polar surface area (TPSA) is 55.4 Å². The Hall–Kier alpha value is -1.68. The summed E-state index contributed by atoms with van der Waals surface area (Å²) < 4.78 is 5.15. The Kier molecular flexibility index (Phi) is 4.66. The lowest BCUT2D eigenvalue weighted by molar-refractivity contribution is -0.129. The van der Waals surface area contributed by atoms with Crippen molar-refractivity contribution in [1.29, 1.82) is 0 Å². The standard InChI is InChI=1S/C12H15NO3/c1-9(14)8-11(15)13-12(16-2)10-6-4-3-5-7-10/h3-7,12H,8H2,1-2H3,(H,13,15). The summed E-state index contributed by atoms with van der Waals surface area (Å²) in [6.07, 6.45) is -0.625. The Morgan fingerprint density at radius 3 is 2.44 bits per heavy atom. The molecule has 0 aliphatic carbocycles. The quantitative estimate of drug-likeness (QED) is 0.604. The molecule has 0 aliphatic rings. The van der Waals surface area contributed by atoms with Crippen LogP contribution in [0.5, 0.6) is 0 Å². The van der Waals surface area contributed by atoms with Gasteiger partial charge in [0, 0.05) is 12.7 Å². The Balaban J connectivity index is 2.63. The van der Waals surface area contributed by atoms with Gasteiger partial charge < -0.3 is 10.1 Å². The summed E-state index contributed by atoms with van der Waals surface area (Å²) in [4.78, 5) is 22.1. The maximum atomic E-state index is 11.4. The molecule has 1 atom stereocenters. The highest BCUT2D eigenvalue weighted by Crippen LogP contribution is 2.12. The van der Waals surface area contributed by atoms with Gasteiger partial charge in [-0.25, -0.2) is 0 Å². The molecule has 1 rings (SSSR count). The van der Waals surface area contributed by atoms with Gasteiger partial charge in [-0.15, -0.1) is 0 Å². The summed E-state index contributed by atoms with van der Waals surface area (Å²) in [7, 11) is 1.51. The number of carbonyl (C=O) groups is 2. The van der Waals surface area contributed by atoms with E-state index in [9.17, 15) is 9.59 Å². The van der Waals surface area contributed by atoms with Crippen molar-refractivity contribution in [1.82, 2.24) is 5.32 Å². The molecule has 0 fully saturated rings. The zero-order valence-electron chi connectivity index (χ0n) is 9.40. The van der Waals surface area contributed by atoms with Crippen LogP contribution in [-0.4, -0.2) is 18.8 Å². The molecule has 0 aromatic heterocycles. The SMILES string of the molecule is COC(NC(=O)CC(C)=O)c1ccccc1. The summed E-state index contributed by atoms with van der Waals surface area (Å²) >= 11 is 0. The van der Waals surface area contributed by atoms with E-state index < -0.39 is 6.23 Å². The second-order valence-electron chi connectivity index (χ2n) is 3.47. The number of hydrogen-bond donors (Lipinski definition) is 1. The molecule has 4 heteroatoms. The molecule has 4 nitrogen and oxygen atoms in total. The van der Waals surface area contributed by atoms with Crippen molar-refractivity contribution in [2.45, 2.75) is 19.6 Å². The lowest BCUT2D eigenvalue weighted by Crippen LogP contribution is -2.30. The first-order valence-corrected chi connectivity index (χ1v) is 5.00. The fourth-order valence-corrected chi connectivity index (χ4v) is 1.33. The predicted molar refractivity (Wildman–Crippen MR) is 59.6 cm³/mol. The highest BCUT2D eigenvalue weighted by Gasteiger charge is 2.13. The number of rotatable bonds is 5. The molecule has 0 heterocycles. The molecule has 1 aromatic carbocycles. The predicted octanol–water partition coefficient (Wildman–Crippen LogP) is 1.43. The molecule has 0 bridgehead atoms. The van der Waals surface area contributed by atoms with E-state index in [0.29, 0.717) is 0 Å². The summed E-state index contributed by atoms with van der Waals surface area (Å²) in [6.45, 7) is 1.38. The number of ether oxygens (including phenoxy) is 1. The molecule has 16 heavy (non-hydrogen) atoms. The Morgan fingerprint density at radius 1 is 1.31 bits per heavy atom.